The summed E-state index contributed by atoms with van der Waals surface area (Å²) < 4.78 is 5.35. The summed E-state index contributed by atoms with van der Waals surface area (Å²) in [5.41, 5.74) is 0.956. The van der Waals surface area contributed by atoms with Gasteiger partial charge >= 0.3 is 0 Å². The Morgan fingerprint density at radius 2 is 1.88 bits per heavy atom. The Morgan fingerprint density at radius 1 is 1.24 bits per heavy atom. The maximum atomic E-state index is 6.17. The van der Waals surface area contributed by atoms with Crippen molar-refractivity contribution in [1.82, 2.24) is 9.97 Å². The van der Waals surface area contributed by atoms with Crippen molar-refractivity contribution < 1.29 is 4.74 Å². The van der Waals surface area contributed by atoms with Crippen molar-refractivity contribution in [2.24, 2.45) is 0 Å². The second-order valence-corrected chi connectivity index (χ2v) is 4.93. The molecular weight excluding hydrogens is 238 g/mol. The summed E-state index contributed by atoms with van der Waals surface area (Å²) >= 11 is 6.17. The molecule has 0 unspecified atom stereocenters. The van der Waals surface area contributed by atoms with Gasteiger partial charge in [0.05, 0.1) is 13.2 Å². The highest BCUT2D eigenvalue weighted by Crippen LogP contribution is 2.26. The summed E-state index contributed by atoms with van der Waals surface area (Å²) in [7, 11) is 0. The van der Waals surface area contributed by atoms with E-state index in [-0.39, 0.29) is 5.92 Å². The highest BCUT2D eigenvalue weighted by atomic mass is 35.5. The lowest BCUT2D eigenvalue weighted by molar-refractivity contribution is 0.122. The number of ether oxygens (including phenoxy) is 1. The molecule has 1 fully saturated rings. The lowest BCUT2D eigenvalue weighted by atomic mass is 10.2. The fourth-order valence-electron chi connectivity index (χ4n) is 1.84. The molecule has 0 saturated carbocycles. The van der Waals surface area contributed by atoms with E-state index in [1.165, 1.54) is 0 Å². The summed E-state index contributed by atoms with van der Waals surface area (Å²) in [6.07, 6.45) is 0. The van der Waals surface area contributed by atoms with Gasteiger partial charge in [0.2, 0.25) is 0 Å². The molecule has 5 heteroatoms. The predicted octanol–water partition coefficient (Wildman–Crippen LogP) is 2.40. The molecule has 0 bridgehead atoms. The van der Waals surface area contributed by atoms with E-state index in [1.807, 2.05) is 6.92 Å². The van der Waals surface area contributed by atoms with Crippen molar-refractivity contribution in [2.45, 2.75) is 26.7 Å². The molecule has 0 amide bonds. The largest absolute Gasteiger partial charge is 0.378 e. The van der Waals surface area contributed by atoms with Crippen LogP contribution in [-0.4, -0.2) is 36.3 Å². The molecule has 1 aromatic rings. The summed E-state index contributed by atoms with van der Waals surface area (Å²) in [5.74, 6) is 2.05. The molecule has 1 aliphatic heterocycles. The number of hydrogen-bond donors (Lipinski definition) is 0. The van der Waals surface area contributed by atoms with Gasteiger partial charge in [-0.15, -0.1) is 0 Å². The van der Waals surface area contributed by atoms with Crippen LogP contribution < -0.4 is 4.90 Å². The fourth-order valence-corrected chi connectivity index (χ4v) is 2.01. The minimum atomic E-state index is 0.285. The summed E-state index contributed by atoms with van der Waals surface area (Å²) in [6, 6.07) is 0. The maximum absolute atomic E-state index is 6.17. The molecule has 0 atom stereocenters. The van der Waals surface area contributed by atoms with Crippen molar-refractivity contribution in [3.63, 3.8) is 0 Å². The maximum Gasteiger partial charge on any atom is 0.137 e. The van der Waals surface area contributed by atoms with Crippen LogP contribution in [0.15, 0.2) is 0 Å². The molecular formula is C12H18ClN3O. The molecule has 94 valence electrons. The van der Waals surface area contributed by atoms with Crippen LogP contribution in [0.25, 0.3) is 0 Å². The number of rotatable bonds is 2. The van der Waals surface area contributed by atoms with Gasteiger partial charge in [-0.3, -0.25) is 0 Å². The molecule has 0 spiro atoms. The van der Waals surface area contributed by atoms with Crippen molar-refractivity contribution in [3.05, 3.63) is 16.5 Å². The van der Waals surface area contributed by atoms with Crippen LogP contribution >= 0.6 is 11.6 Å². The molecule has 0 radical (unpaired) electrons. The van der Waals surface area contributed by atoms with E-state index in [4.69, 9.17) is 16.3 Å². The van der Waals surface area contributed by atoms with Gasteiger partial charge in [-0.25, -0.2) is 9.97 Å². The van der Waals surface area contributed by atoms with Crippen LogP contribution in [0.4, 0.5) is 5.82 Å². The third kappa shape index (κ3) is 2.69. The summed E-state index contributed by atoms with van der Waals surface area (Å²) in [6.45, 7) is 9.35. The summed E-state index contributed by atoms with van der Waals surface area (Å²) in [4.78, 5) is 11.2. The molecule has 4 nitrogen and oxygen atoms in total. The highest BCUT2D eigenvalue weighted by molar-refractivity contribution is 6.30. The minimum Gasteiger partial charge on any atom is -0.378 e. The van der Waals surface area contributed by atoms with Crippen molar-refractivity contribution in [1.29, 1.82) is 0 Å². The Hall–Kier alpha value is -0.870. The quantitative estimate of drug-likeness (QED) is 0.761. The zero-order valence-electron chi connectivity index (χ0n) is 10.5. The number of halogens is 1. The van der Waals surface area contributed by atoms with Gasteiger partial charge < -0.3 is 9.64 Å². The van der Waals surface area contributed by atoms with E-state index >= 15 is 0 Å². The van der Waals surface area contributed by atoms with Crippen LogP contribution in [0.5, 0.6) is 0 Å². The van der Waals surface area contributed by atoms with Gasteiger partial charge in [-0.1, -0.05) is 25.4 Å². The van der Waals surface area contributed by atoms with E-state index in [0.717, 1.165) is 43.5 Å². The van der Waals surface area contributed by atoms with Gasteiger partial charge in [0, 0.05) is 24.6 Å². The average Bonchev–Trinajstić information content (AvgIpc) is 2.33. The normalized spacial score (nSPS) is 16.6. The topological polar surface area (TPSA) is 38.2 Å². The van der Waals surface area contributed by atoms with E-state index in [9.17, 15) is 0 Å². The molecule has 1 aromatic heterocycles. The van der Waals surface area contributed by atoms with Crippen molar-refractivity contribution >= 4 is 17.4 Å². The standard InChI is InChI=1S/C12H18ClN3O/c1-8(2)11-14-10(13)9(3)12(15-11)16-4-6-17-7-5-16/h8H,4-7H2,1-3H3. The Morgan fingerprint density at radius 3 is 2.47 bits per heavy atom. The van der Waals surface area contributed by atoms with Gasteiger partial charge in [-0.05, 0) is 6.92 Å². The first kappa shape index (κ1) is 12.6. The van der Waals surface area contributed by atoms with Gasteiger partial charge in [0.15, 0.2) is 0 Å². The van der Waals surface area contributed by atoms with Gasteiger partial charge in [0.25, 0.3) is 0 Å². The molecule has 2 rings (SSSR count). The zero-order chi connectivity index (χ0) is 12.4. The highest BCUT2D eigenvalue weighted by Gasteiger charge is 2.19. The SMILES string of the molecule is Cc1c(Cl)nc(C(C)C)nc1N1CCOCC1. The minimum absolute atomic E-state index is 0.285. The Kier molecular flexibility index (Phi) is 3.84. The smallest absolute Gasteiger partial charge is 0.137 e. The first-order chi connectivity index (χ1) is 8.09. The third-order valence-corrected chi connectivity index (χ3v) is 3.27. The number of anilines is 1. The lowest BCUT2D eigenvalue weighted by Gasteiger charge is -2.29. The zero-order valence-corrected chi connectivity index (χ0v) is 11.3. The van der Waals surface area contributed by atoms with E-state index in [1.54, 1.807) is 0 Å². The number of aromatic nitrogens is 2. The molecule has 2 heterocycles. The first-order valence-electron chi connectivity index (χ1n) is 5.96. The van der Waals surface area contributed by atoms with Gasteiger partial charge in [-0.2, -0.15) is 0 Å². The van der Waals surface area contributed by atoms with Crippen LogP contribution in [0, 0.1) is 6.92 Å². The molecule has 0 aromatic carbocycles. The van der Waals surface area contributed by atoms with Crippen LogP contribution in [0.1, 0.15) is 31.2 Å². The van der Waals surface area contributed by atoms with Crippen molar-refractivity contribution in [3.8, 4) is 0 Å². The Labute approximate surface area is 107 Å². The van der Waals surface area contributed by atoms with E-state index in [2.05, 4.69) is 28.7 Å². The molecule has 0 aliphatic carbocycles. The second-order valence-electron chi connectivity index (χ2n) is 4.58. The predicted molar refractivity (Wildman–Crippen MR) is 68.9 cm³/mol. The average molecular weight is 256 g/mol. The molecule has 1 saturated heterocycles. The molecule has 17 heavy (non-hydrogen) atoms. The van der Waals surface area contributed by atoms with Gasteiger partial charge in [0.1, 0.15) is 16.8 Å². The first-order valence-corrected chi connectivity index (χ1v) is 6.34. The van der Waals surface area contributed by atoms with Crippen LogP contribution in [0.3, 0.4) is 0 Å². The Balaban J connectivity index is 2.36. The number of hydrogen-bond acceptors (Lipinski definition) is 4. The van der Waals surface area contributed by atoms with E-state index in [0.29, 0.717) is 5.15 Å². The summed E-state index contributed by atoms with van der Waals surface area (Å²) in [5, 5.41) is 0.560. The molecule has 1 aliphatic rings. The number of nitrogens with zero attached hydrogens (tertiary/aromatic N) is 3. The number of morpholine rings is 1. The lowest BCUT2D eigenvalue weighted by Crippen LogP contribution is -2.37. The second kappa shape index (κ2) is 5.19. The fraction of sp³-hybridized carbons (Fsp3) is 0.667. The molecule has 0 N–H and O–H groups in total. The third-order valence-electron chi connectivity index (χ3n) is 2.91. The van der Waals surface area contributed by atoms with Crippen LogP contribution in [-0.2, 0) is 4.74 Å². The van der Waals surface area contributed by atoms with E-state index < -0.39 is 0 Å². The monoisotopic (exact) mass is 255 g/mol. The Bertz CT molecular complexity index is 403. The van der Waals surface area contributed by atoms with Crippen LogP contribution in [0.2, 0.25) is 5.15 Å². The van der Waals surface area contributed by atoms with Crippen molar-refractivity contribution in [2.75, 3.05) is 31.2 Å².